The summed E-state index contributed by atoms with van der Waals surface area (Å²) in [6, 6.07) is 23.8. The number of aryl methyl sites for hydroxylation is 1. The molecular weight excluding hydrogens is 374 g/mol. The maximum absolute atomic E-state index is 6.36. The smallest absolute Gasteiger partial charge is 0.248 e. The predicted molar refractivity (Wildman–Crippen MR) is 120 cm³/mol. The van der Waals surface area contributed by atoms with Gasteiger partial charge in [0.15, 0.2) is 5.82 Å². The van der Waals surface area contributed by atoms with Gasteiger partial charge in [0.2, 0.25) is 5.88 Å². The molecule has 0 aliphatic heterocycles. The van der Waals surface area contributed by atoms with Gasteiger partial charge in [0.1, 0.15) is 17.8 Å². The lowest BCUT2D eigenvalue weighted by atomic mass is 10.1. The van der Waals surface area contributed by atoms with Crippen molar-refractivity contribution < 1.29 is 4.74 Å². The van der Waals surface area contributed by atoms with Crippen LogP contribution in [0.3, 0.4) is 0 Å². The lowest BCUT2D eigenvalue weighted by Gasteiger charge is -2.14. The molecule has 6 heteroatoms. The van der Waals surface area contributed by atoms with Gasteiger partial charge in [-0.25, -0.2) is 4.98 Å². The van der Waals surface area contributed by atoms with Crippen LogP contribution in [0.2, 0.25) is 0 Å². The van der Waals surface area contributed by atoms with Gasteiger partial charge in [0.05, 0.1) is 11.2 Å². The number of hydrogen-bond acceptors (Lipinski definition) is 6. The number of ether oxygens (including phenoxy) is 1. The van der Waals surface area contributed by atoms with Crippen molar-refractivity contribution in [1.29, 1.82) is 0 Å². The molecule has 146 valence electrons. The molecule has 0 atom stereocenters. The van der Waals surface area contributed by atoms with Gasteiger partial charge in [-0.2, -0.15) is 4.98 Å². The van der Waals surface area contributed by atoms with Gasteiger partial charge in [-0.15, -0.1) is 0 Å². The van der Waals surface area contributed by atoms with Crippen molar-refractivity contribution in [2.75, 3.05) is 11.1 Å². The fraction of sp³-hybridized carbons (Fsp3) is 0.0417. The number of nitrogen functional groups attached to an aromatic ring is 1. The summed E-state index contributed by atoms with van der Waals surface area (Å²) in [6.45, 7) is 1.96. The summed E-state index contributed by atoms with van der Waals surface area (Å²) in [5.74, 6) is 1.45. The second-order valence-electron chi connectivity index (χ2n) is 6.98. The van der Waals surface area contributed by atoms with E-state index in [9.17, 15) is 0 Å². The number of nitrogens with two attached hydrogens (primary N) is 1. The summed E-state index contributed by atoms with van der Waals surface area (Å²) in [5.41, 5.74) is 9.30. The van der Waals surface area contributed by atoms with Crippen molar-refractivity contribution in [1.82, 2.24) is 15.0 Å². The first-order valence-corrected chi connectivity index (χ1v) is 9.58. The molecule has 5 aromatic rings. The molecule has 3 N–H and O–H groups in total. The minimum atomic E-state index is 0.299. The molecule has 0 aliphatic carbocycles. The monoisotopic (exact) mass is 393 g/mol. The maximum atomic E-state index is 6.36. The van der Waals surface area contributed by atoms with E-state index in [1.807, 2.05) is 79.7 Å². The number of pyridine rings is 1. The topological polar surface area (TPSA) is 86.0 Å². The Kier molecular flexibility index (Phi) is 4.37. The van der Waals surface area contributed by atoms with Crippen LogP contribution in [-0.4, -0.2) is 15.0 Å². The Hall–Kier alpha value is -4.19. The first-order valence-electron chi connectivity index (χ1n) is 9.58. The first-order chi connectivity index (χ1) is 14.7. The summed E-state index contributed by atoms with van der Waals surface area (Å²) in [7, 11) is 0. The normalized spacial score (nSPS) is 11.0. The van der Waals surface area contributed by atoms with Gasteiger partial charge in [-0.3, -0.25) is 4.98 Å². The van der Waals surface area contributed by atoms with Gasteiger partial charge in [-0.1, -0.05) is 54.6 Å². The number of anilines is 3. The van der Waals surface area contributed by atoms with Crippen LogP contribution in [0.5, 0.6) is 11.6 Å². The molecule has 0 fully saturated rings. The highest BCUT2D eigenvalue weighted by atomic mass is 16.5. The fourth-order valence-corrected chi connectivity index (χ4v) is 3.42. The first kappa shape index (κ1) is 17.9. The van der Waals surface area contributed by atoms with Crippen LogP contribution < -0.4 is 15.8 Å². The second-order valence-corrected chi connectivity index (χ2v) is 6.98. The molecule has 0 bridgehead atoms. The number of aromatic nitrogens is 3. The summed E-state index contributed by atoms with van der Waals surface area (Å²) in [4.78, 5) is 13.2. The van der Waals surface area contributed by atoms with Crippen LogP contribution in [0.25, 0.3) is 21.7 Å². The van der Waals surface area contributed by atoms with E-state index in [0.717, 1.165) is 33.1 Å². The van der Waals surface area contributed by atoms with E-state index in [-0.39, 0.29) is 0 Å². The summed E-state index contributed by atoms with van der Waals surface area (Å²) >= 11 is 0. The van der Waals surface area contributed by atoms with E-state index in [0.29, 0.717) is 23.1 Å². The molecule has 0 aliphatic rings. The number of fused-ring (bicyclic) bond motifs is 2. The molecule has 0 saturated heterocycles. The quantitative estimate of drug-likeness (QED) is 0.413. The third-order valence-corrected chi connectivity index (χ3v) is 4.92. The molecule has 3 aromatic carbocycles. The van der Waals surface area contributed by atoms with Gasteiger partial charge in [0.25, 0.3) is 0 Å². The average Bonchev–Trinajstić information content (AvgIpc) is 2.77. The maximum Gasteiger partial charge on any atom is 0.248 e. The number of para-hydroxylation sites is 1. The van der Waals surface area contributed by atoms with Crippen molar-refractivity contribution in [2.24, 2.45) is 0 Å². The Labute approximate surface area is 173 Å². The van der Waals surface area contributed by atoms with Gasteiger partial charge < -0.3 is 15.8 Å². The third-order valence-electron chi connectivity index (χ3n) is 4.92. The molecule has 0 amide bonds. The van der Waals surface area contributed by atoms with Gasteiger partial charge in [-0.05, 0) is 30.5 Å². The number of benzene rings is 3. The zero-order valence-electron chi connectivity index (χ0n) is 16.3. The van der Waals surface area contributed by atoms with Crippen molar-refractivity contribution >= 4 is 38.9 Å². The van der Waals surface area contributed by atoms with E-state index >= 15 is 0 Å². The SMILES string of the molecule is Cc1ccc2cccc(Nc3ncnc(Oc4cccc5ccccc45)c3N)c2n1. The lowest BCUT2D eigenvalue weighted by Crippen LogP contribution is -2.04. The Morgan fingerprint density at radius 2 is 1.63 bits per heavy atom. The number of nitrogens with zero attached hydrogens (tertiary/aromatic N) is 3. The van der Waals surface area contributed by atoms with E-state index < -0.39 is 0 Å². The highest BCUT2D eigenvalue weighted by molar-refractivity contribution is 5.93. The second kappa shape index (κ2) is 7.33. The third kappa shape index (κ3) is 3.24. The van der Waals surface area contributed by atoms with E-state index in [1.54, 1.807) is 0 Å². The lowest BCUT2D eigenvalue weighted by molar-refractivity contribution is 0.470. The minimum absolute atomic E-state index is 0.299. The molecule has 2 heterocycles. The largest absolute Gasteiger partial charge is 0.436 e. The van der Waals surface area contributed by atoms with E-state index in [1.165, 1.54) is 6.33 Å². The zero-order valence-corrected chi connectivity index (χ0v) is 16.3. The summed E-state index contributed by atoms with van der Waals surface area (Å²) in [5, 5.41) is 6.39. The average molecular weight is 393 g/mol. The number of hydrogen-bond donors (Lipinski definition) is 2. The number of nitrogens with one attached hydrogen (secondary N) is 1. The highest BCUT2D eigenvalue weighted by Crippen LogP contribution is 2.35. The van der Waals surface area contributed by atoms with Gasteiger partial charge in [0, 0.05) is 16.5 Å². The van der Waals surface area contributed by atoms with Crippen LogP contribution in [0.4, 0.5) is 17.2 Å². The Balaban J connectivity index is 1.52. The number of rotatable bonds is 4. The molecule has 6 nitrogen and oxygen atoms in total. The Morgan fingerprint density at radius 1 is 0.833 bits per heavy atom. The predicted octanol–water partition coefficient (Wildman–Crippen LogP) is 5.60. The standard InChI is InChI=1S/C24H19N5O/c1-15-12-13-17-8-4-10-19(22(17)28-15)29-23-21(25)24(27-14-26-23)30-20-11-5-7-16-6-2-3-9-18(16)20/h2-14H,25H2,1H3,(H,26,27,29). The van der Waals surface area contributed by atoms with Gasteiger partial charge >= 0.3 is 0 Å². The van der Waals surface area contributed by atoms with Crippen LogP contribution in [0, 0.1) is 6.92 Å². The van der Waals surface area contributed by atoms with E-state index in [4.69, 9.17) is 10.5 Å². The molecule has 30 heavy (non-hydrogen) atoms. The molecule has 0 spiro atoms. The van der Waals surface area contributed by atoms with Crippen molar-refractivity contribution in [2.45, 2.75) is 6.92 Å². The van der Waals surface area contributed by atoms with Crippen molar-refractivity contribution in [3.05, 3.63) is 84.8 Å². The van der Waals surface area contributed by atoms with E-state index in [2.05, 4.69) is 20.3 Å². The fourth-order valence-electron chi connectivity index (χ4n) is 3.42. The minimum Gasteiger partial charge on any atom is -0.436 e. The molecule has 0 radical (unpaired) electrons. The highest BCUT2D eigenvalue weighted by Gasteiger charge is 2.13. The van der Waals surface area contributed by atoms with Crippen molar-refractivity contribution in [3.63, 3.8) is 0 Å². The summed E-state index contributed by atoms with van der Waals surface area (Å²) < 4.78 is 6.08. The summed E-state index contributed by atoms with van der Waals surface area (Å²) in [6.07, 6.45) is 1.43. The molecule has 0 saturated carbocycles. The Bertz CT molecular complexity index is 1380. The molecule has 2 aromatic heterocycles. The van der Waals surface area contributed by atoms with Crippen LogP contribution in [-0.2, 0) is 0 Å². The molecular formula is C24H19N5O. The Morgan fingerprint density at radius 3 is 2.57 bits per heavy atom. The molecule has 5 rings (SSSR count). The van der Waals surface area contributed by atoms with Crippen LogP contribution in [0.15, 0.2) is 79.1 Å². The van der Waals surface area contributed by atoms with Crippen molar-refractivity contribution in [3.8, 4) is 11.6 Å². The zero-order chi connectivity index (χ0) is 20.5. The van der Waals surface area contributed by atoms with Crippen LogP contribution >= 0.6 is 0 Å². The van der Waals surface area contributed by atoms with Crippen LogP contribution in [0.1, 0.15) is 5.69 Å². The molecule has 0 unspecified atom stereocenters.